The van der Waals surface area contributed by atoms with Gasteiger partial charge in [-0.1, -0.05) is 12.5 Å². The van der Waals surface area contributed by atoms with Crippen molar-refractivity contribution in [1.29, 1.82) is 0 Å². The number of hydrogen-bond donors (Lipinski definition) is 1. The molecule has 0 atom stereocenters. The summed E-state index contributed by atoms with van der Waals surface area (Å²) in [4.78, 5) is 18.8. The minimum atomic E-state index is -3.89. The Morgan fingerprint density at radius 2 is 2.00 bits per heavy atom. The van der Waals surface area contributed by atoms with Crippen LogP contribution < -0.4 is 5.32 Å². The van der Waals surface area contributed by atoms with E-state index in [4.69, 9.17) is 0 Å². The van der Waals surface area contributed by atoms with Gasteiger partial charge < -0.3 is 10.2 Å². The monoisotopic (exact) mass is 452 g/mol. The third-order valence-electron chi connectivity index (χ3n) is 5.20. The van der Waals surface area contributed by atoms with Gasteiger partial charge >= 0.3 is 0 Å². The highest BCUT2D eigenvalue weighted by Crippen LogP contribution is 2.20. The number of carbonyl (C=O) groups is 1. The van der Waals surface area contributed by atoms with Gasteiger partial charge in [-0.15, -0.1) is 4.40 Å². The molecular formula is C22H24N6O3S. The van der Waals surface area contributed by atoms with Crippen LogP contribution in [0, 0.1) is 0 Å². The van der Waals surface area contributed by atoms with Crippen LogP contribution in [0.25, 0.3) is 5.82 Å². The van der Waals surface area contributed by atoms with Gasteiger partial charge in [-0.2, -0.15) is 13.5 Å². The predicted octanol–water partition coefficient (Wildman–Crippen LogP) is 3.11. The first-order valence-corrected chi connectivity index (χ1v) is 11.8. The van der Waals surface area contributed by atoms with E-state index in [0.717, 1.165) is 25.8 Å². The second kappa shape index (κ2) is 9.31. The molecule has 0 radical (unpaired) electrons. The summed E-state index contributed by atoms with van der Waals surface area (Å²) in [5.41, 5.74) is 0.705. The van der Waals surface area contributed by atoms with Gasteiger partial charge in [-0.25, -0.2) is 9.67 Å². The number of amides is 1. The quantitative estimate of drug-likeness (QED) is 0.637. The number of sulfonamides is 1. The Bertz CT molecular complexity index is 1220. The average Bonchev–Trinajstić information content (AvgIpc) is 3.26. The van der Waals surface area contributed by atoms with E-state index in [9.17, 15) is 13.2 Å². The molecule has 1 aromatic carbocycles. The van der Waals surface area contributed by atoms with Crippen molar-refractivity contribution in [2.75, 3.05) is 18.9 Å². The molecule has 166 valence electrons. The third kappa shape index (κ3) is 5.02. The zero-order valence-corrected chi connectivity index (χ0v) is 18.5. The molecule has 9 nitrogen and oxygen atoms in total. The lowest BCUT2D eigenvalue weighted by molar-refractivity contribution is 0.102. The number of carbonyl (C=O) groups excluding carboxylic acids is 1. The van der Waals surface area contributed by atoms with Crippen molar-refractivity contribution in [3.8, 4) is 5.82 Å². The summed E-state index contributed by atoms with van der Waals surface area (Å²) in [5.74, 6) is 0.761. The normalized spacial score (nSPS) is 16.0. The first-order valence-electron chi connectivity index (χ1n) is 10.3. The molecule has 2 aromatic heterocycles. The van der Waals surface area contributed by atoms with E-state index < -0.39 is 15.9 Å². The van der Waals surface area contributed by atoms with Crippen LogP contribution in [0.5, 0.6) is 0 Å². The fourth-order valence-corrected chi connectivity index (χ4v) is 4.57. The molecular weight excluding hydrogens is 428 g/mol. The van der Waals surface area contributed by atoms with Gasteiger partial charge in [-0.05, 0) is 49.2 Å². The average molecular weight is 453 g/mol. The maximum Gasteiger partial charge on any atom is 0.284 e. The standard InChI is InChI=1S/C22H24N6O3S/c1-27-13-4-2-3-9-21(27)26-32(30,31)19-8-5-7-18(15-19)25-22(29)17-10-11-20(23-16-17)28-14-6-12-24-28/h5-8,10-12,14-16H,2-4,9,13H2,1H3,(H,25,29)/b26-21+. The summed E-state index contributed by atoms with van der Waals surface area (Å²) in [6.07, 6.45) is 8.47. The van der Waals surface area contributed by atoms with E-state index in [1.807, 2.05) is 11.9 Å². The number of likely N-dealkylation sites (tertiary alicyclic amines) is 1. The van der Waals surface area contributed by atoms with Crippen LogP contribution in [0.4, 0.5) is 5.69 Å². The fraction of sp³-hybridized carbons (Fsp3) is 0.273. The molecule has 3 heterocycles. The molecule has 32 heavy (non-hydrogen) atoms. The van der Waals surface area contributed by atoms with Gasteiger partial charge in [0.1, 0.15) is 5.84 Å². The van der Waals surface area contributed by atoms with Crippen LogP contribution in [0.2, 0.25) is 0 Å². The maximum atomic E-state index is 12.9. The van der Waals surface area contributed by atoms with E-state index in [1.54, 1.807) is 47.4 Å². The molecule has 1 amide bonds. The molecule has 1 aliphatic rings. The molecule has 0 unspecified atom stereocenters. The number of pyridine rings is 1. The van der Waals surface area contributed by atoms with Gasteiger partial charge in [0.2, 0.25) is 0 Å². The Labute approximate surface area is 186 Å². The fourth-order valence-electron chi connectivity index (χ4n) is 3.43. The molecule has 3 aromatic rings. The molecule has 0 bridgehead atoms. The van der Waals surface area contributed by atoms with Gasteiger partial charge in [0.25, 0.3) is 15.9 Å². The number of rotatable bonds is 5. The number of aromatic nitrogens is 3. The van der Waals surface area contributed by atoms with Crippen molar-refractivity contribution < 1.29 is 13.2 Å². The van der Waals surface area contributed by atoms with Crippen LogP contribution >= 0.6 is 0 Å². The largest absolute Gasteiger partial charge is 0.362 e. The molecule has 4 rings (SSSR count). The smallest absolute Gasteiger partial charge is 0.284 e. The first-order chi connectivity index (χ1) is 15.4. The van der Waals surface area contributed by atoms with Crippen molar-refractivity contribution >= 4 is 27.5 Å². The highest BCUT2D eigenvalue weighted by atomic mass is 32.2. The van der Waals surface area contributed by atoms with Crippen molar-refractivity contribution in [2.45, 2.75) is 30.6 Å². The molecule has 1 saturated heterocycles. The van der Waals surface area contributed by atoms with Gasteiger partial charge in [0.15, 0.2) is 5.82 Å². The lowest BCUT2D eigenvalue weighted by Gasteiger charge is -2.17. The summed E-state index contributed by atoms with van der Waals surface area (Å²) < 4.78 is 31.4. The van der Waals surface area contributed by atoms with Crippen LogP contribution in [0.3, 0.4) is 0 Å². The molecule has 1 aliphatic heterocycles. The summed E-state index contributed by atoms with van der Waals surface area (Å²) in [6.45, 7) is 0.789. The molecule has 1 fully saturated rings. The second-order valence-electron chi connectivity index (χ2n) is 7.55. The van der Waals surface area contributed by atoms with Crippen LogP contribution in [-0.2, 0) is 10.0 Å². The zero-order chi connectivity index (χ0) is 22.6. The summed E-state index contributed by atoms with van der Waals surface area (Å²) >= 11 is 0. The lowest BCUT2D eigenvalue weighted by atomic mass is 10.2. The number of hydrogen-bond acceptors (Lipinski definition) is 5. The van der Waals surface area contributed by atoms with E-state index in [2.05, 4.69) is 19.8 Å². The Kier molecular flexibility index (Phi) is 6.31. The van der Waals surface area contributed by atoms with Crippen molar-refractivity contribution in [3.05, 3.63) is 66.6 Å². The first kappa shape index (κ1) is 21.7. The molecule has 1 N–H and O–H groups in total. The third-order valence-corrected chi connectivity index (χ3v) is 6.50. The minimum absolute atomic E-state index is 0.0348. The Balaban J connectivity index is 1.50. The van der Waals surface area contributed by atoms with Crippen molar-refractivity contribution in [1.82, 2.24) is 19.7 Å². The topological polar surface area (TPSA) is 110 Å². The second-order valence-corrected chi connectivity index (χ2v) is 9.16. The highest BCUT2D eigenvalue weighted by molar-refractivity contribution is 7.90. The van der Waals surface area contributed by atoms with E-state index in [-0.39, 0.29) is 4.90 Å². The summed E-state index contributed by atoms with van der Waals surface area (Å²) in [6, 6.07) is 11.2. The number of nitrogens with zero attached hydrogens (tertiary/aromatic N) is 5. The molecule has 0 aliphatic carbocycles. The Morgan fingerprint density at radius 3 is 2.75 bits per heavy atom. The van der Waals surface area contributed by atoms with Gasteiger partial charge in [-0.3, -0.25) is 4.79 Å². The number of nitrogens with one attached hydrogen (secondary N) is 1. The van der Waals surface area contributed by atoms with E-state index in [0.29, 0.717) is 29.3 Å². The van der Waals surface area contributed by atoms with Crippen molar-refractivity contribution in [3.63, 3.8) is 0 Å². The summed E-state index contributed by atoms with van der Waals surface area (Å²) in [5, 5.41) is 6.82. The Hall–Kier alpha value is -3.53. The predicted molar refractivity (Wildman–Crippen MR) is 121 cm³/mol. The highest BCUT2D eigenvalue weighted by Gasteiger charge is 2.19. The lowest BCUT2D eigenvalue weighted by Crippen LogP contribution is -2.26. The zero-order valence-electron chi connectivity index (χ0n) is 17.7. The van der Waals surface area contributed by atoms with Gasteiger partial charge in [0, 0.05) is 44.3 Å². The van der Waals surface area contributed by atoms with Gasteiger partial charge in [0.05, 0.1) is 10.5 Å². The minimum Gasteiger partial charge on any atom is -0.362 e. The molecule has 10 heteroatoms. The van der Waals surface area contributed by atoms with Crippen LogP contribution in [0.15, 0.2) is 70.3 Å². The Morgan fingerprint density at radius 1 is 1.12 bits per heavy atom. The van der Waals surface area contributed by atoms with Crippen LogP contribution in [-0.4, -0.2) is 53.4 Å². The number of benzene rings is 1. The van der Waals surface area contributed by atoms with Crippen molar-refractivity contribution in [2.24, 2.45) is 4.40 Å². The molecule has 0 spiro atoms. The molecule has 0 saturated carbocycles. The van der Waals surface area contributed by atoms with Crippen LogP contribution in [0.1, 0.15) is 36.0 Å². The number of anilines is 1. The maximum absolute atomic E-state index is 12.9. The SMILES string of the molecule is CN1CCCCC/C1=N\S(=O)(=O)c1cccc(NC(=O)c2ccc(-n3cccn3)nc2)c1. The summed E-state index contributed by atoms with van der Waals surface area (Å²) in [7, 11) is -2.03. The van der Waals surface area contributed by atoms with E-state index in [1.165, 1.54) is 18.3 Å². The van der Waals surface area contributed by atoms with E-state index >= 15 is 0 Å². The number of amidine groups is 1.